The van der Waals surface area contributed by atoms with Gasteiger partial charge in [0.05, 0.1) is 0 Å². The highest BCUT2D eigenvalue weighted by Crippen LogP contribution is 2.32. The van der Waals surface area contributed by atoms with Gasteiger partial charge < -0.3 is 19.7 Å². The van der Waals surface area contributed by atoms with Crippen molar-refractivity contribution in [2.45, 2.75) is 26.4 Å². The van der Waals surface area contributed by atoms with Crippen LogP contribution in [0.5, 0.6) is 11.5 Å². The van der Waals surface area contributed by atoms with Gasteiger partial charge in [0.1, 0.15) is 0 Å². The zero-order valence-electron chi connectivity index (χ0n) is 14.7. The predicted molar refractivity (Wildman–Crippen MR) is 96.6 cm³/mol. The summed E-state index contributed by atoms with van der Waals surface area (Å²) in [4.78, 5) is 25.6. The lowest BCUT2D eigenvalue weighted by Crippen LogP contribution is -2.33. The van der Waals surface area contributed by atoms with Gasteiger partial charge in [-0.25, -0.2) is 0 Å². The molecule has 0 radical (unpaired) electrons. The van der Waals surface area contributed by atoms with Gasteiger partial charge in [-0.3, -0.25) is 9.59 Å². The molecule has 2 aromatic rings. The first kappa shape index (κ1) is 17.8. The van der Waals surface area contributed by atoms with E-state index in [4.69, 9.17) is 9.47 Å². The van der Waals surface area contributed by atoms with Crippen LogP contribution in [0.25, 0.3) is 0 Å². The summed E-state index contributed by atoms with van der Waals surface area (Å²) in [7, 11) is 0. The number of benzene rings is 2. The molecule has 6 heteroatoms. The molecule has 0 saturated carbocycles. The molecule has 1 aliphatic rings. The predicted octanol–water partition coefficient (Wildman–Crippen LogP) is 2.47. The van der Waals surface area contributed by atoms with Gasteiger partial charge in [-0.05, 0) is 23.3 Å². The highest BCUT2D eigenvalue weighted by Gasteiger charge is 2.14. The third-order valence-corrected chi connectivity index (χ3v) is 4.20. The van der Waals surface area contributed by atoms with E-state index < -0.39 is 0 Å². The lowest BCUT2D eigenvalue weighted by molar-refractivity contribution is -0.130. The van der Waals surface area contributed by atoms with Crippen molar-refractivity contribution in [3.05, 3.63) is 59.7 Å². The van der Waals surface area contributed by atoms with Crippen LogP contribution in [0.15, 0.2) is 48.5 Å². The van der Waals surface area contributed by atoms with E-state index in [-0.39, 0.29) is 25.0 Å². The minimum absolute atomic E-state index is 0.0441. The van der Waals surface area contributed by atoms with Gasteiger partial charge >= 0.3 is 0 Å². The number of carbonyl (C=O) groups excluding carboxylic acids is 2. The van der Waals surface area contributed by atoms with Crippen LogP contribution in [0.2, 0.25) is 0 Å². The van der Waals surface area contributed by atoms with Gasteiger partial charge in [0.2, 0.25) is 18.6 Å². The van der Waals surface area contributed by atoms with Crippen LogP contribution >= 0.6 is 0 Å². The third kappa shape index (κ3) is 4.75. The van der Waals surface area contributed by atoms with Crippen LogP contribution in [0.4, 0.5) is 0 Å². The zero-order chi connectivity index (χ0) is 18.4. The van der Waals surface area contributed by atoms with E-state index in [1.54, 1.807) is 4.90 Å². The largest absolute Gasteiger partial charge is 0.454 e. The van der Waals surface area contributed by atoms with Gasteiger partial charge in [0.15, 0.2) is 11.5 Å². The second-order valence-corrected chi connectivity index (χ2v) is 6.14. The molecule has 0 aromatic heterocycles. The monoisotopic (exact) mass is 354 g/mol. The Morgan fingerprint density at radius 2 is 1.81 bits per heavy atom. The molecule has 0 atom stereocenters. The van der Waals surface area contributed by atoms with E-state index >= 15 is 0 Å². The number of rotatable bonds is 7. The van der Waals surface area contributed by atoms with Gasteiger partial charge in [-0.2, -0.15) is 0 Å². The molecule has 2 aromatic carbocycles. The summed E-state index contributed by atoms with van der Waals surface area (Å²) in [6.07, 6.45) is 0.261. The molecule has 136 valence electrons. The molecule has 3 rings (SSSR count). The first-order valence-electron chi connectivity index (χ1n) is 8.56. The van der Waals surface area contributed by atoms with Crippen molar-refractivity contribution >= 4 is 11.8 Å². The van der Waals surface area contributed by atoms with Crippen LogP contribution in [0, 0.1) is 0 Å². The summed E-state index contributed by atoms with van der Waals surface area (Å²) in [5, 5.41) is 2.88. The molecule has 26 heavy (non-hydrogen) atoms. The third-order valence-electron chi connectivity index (χ3n) is 4.20. The standard InChI is InChI=1S/C20H22N2O4/c1-15(23)22(13-16-5-3-2-4-6-16)10-9-20(24)21-12-17-7-8-18-19(11-17)26-14-25-18/h2-8,11H,9-10,12-14H2,1H3,(H,21,24). The number of nitrogens with zero attached hydrogens (tertiary/aromatic N) is 1. The van der Waals surface area contributed by atoms with Crippen molar-refractivity contribution < 1.29 is 19.1 Å². The molecule has 6 nitrogen and oxygen atoms in total. The molecule has 0 saturated heterocycles. The SMILES string of the molecule is CC(=O)N(CCC(=O)NCc1ccc2c(c1)OCO2)Cc1ccccc1. The molecular formula is C20H22N2O4. The first-order valence-corrected chi connectivity index (χ1v) is 8.56. The van der Waals surface area contributed by atoms with Crippen LogP contribution < -0.4 is 14.8 Å². The highest BCUT2D eigenvalue weighted by atomic mass is 16.7. The molecule has 1 aliphatic heterocycles. The average Bonchev–Trinajstić information content (AvgIpc) is 3.11. The molecule has 0 bridgehead atoms. The second-order valence-electron chi connectivity index (χ2n) is 6.14. The van der Waals surface area contributed by atoms with Gasteiger partial charge in [-0.15, -0.1) is 0 Å². The Morgan fingerprint density at radius 1 is 1.04 bits per heavy atom. The molecule has 2 amide bonds. The normalized spacial score (nSPS) is 11.9. The fraction of sp³-hybridized carbons (Fsp3) is 0.300. The Kier molecular flexibility index (Phi) is 5.73. The van der Waals surface area contributed by atoms with Crippen molar-refractivity contribution in [3.63, 3.8) is 0 Å². The Balaban J connectivity index is 1.47. The van der Waals surface area contributed by atoms with Crippen molar-refractivity contribution in [2.75, 3.05) is 13.3 Å². The Bertz CT molecular complexity index is 777. The smallest absolute Gasteiger partial charge is 0.231 e. The molecular weight excluding hydrogens is 332 g/mol. The summed E-state index contributed by atoms with van der Waals surface area (Å²) in [5.41, 5.74) is 1.98. The van der Waals surface area contributed by atoms with Crippen molar-refractivity contribution in [3.8, 4) is 11.5 Å². The van der Waals surface area contributed by atoms with Crippen LogP contribution in [0.1, 0.15) is 24.5 Å². The number of carbonyl (C=O) groups is 2. The average molecular weight is 354 g/mol. The number of ether oxygens (including phenoxy) is 2. The maximum Gasteiger partial charge on any atom is 0.231 e. The molecule has 0 fully saturated rings. The number of hydrogen-bond acceptors (Lipinski definition) is 4. The highest BCUT2D eigenvalue weighted by molar-refractivity contribution is 5.78. The summed E-state index contributed by atoms with van der Waals surface area (Å²) in [6, 6.07) is 15.3. The first-order chi connectivity index (χ1) is 12.6. The lowest BCUT2D eigenvalue weighted by Gasteiger charge is -2.21. The topological polar surface area (TPSA) is 67.9 Å². The molecule has 0 unspecified atom stereocenters. The fourth-order valence-electron chi connectivity index (χ4n) is 2.73. The van der Waals surface area contributed by atoms with E-state index in [0.717, 1.165) is 16.9 Å². The molecule has 1 heterocycles. The molecule has 0 spiro atoms. The number of amides is 2. The fourth-order valence-corrected chi connectivity index (χ4v) is 2.73. The Hall–Kier alpha value is -3.02. The Morgan fingerprint density at radius 3 is 2.58 bits per heavy atom. The maximum atomic E-state index is 12.1. The van der Waals surface area contributed by atoms with E-state index in [2.05, 4.69) is 5.32 Å². The van der Waals surface area contributed by atoms with Gasteiger partial charge in [0, 0.05) is 33.0 Å². The van der Waals surface area contributed by atoms with Crippen LogP contribution in [0.3, 0.4) is 0 Å². The quantitative estimate of drug-likeness (QED) is 0.829. The summed E-state index contributed by atoms with van der Waals surface area (Å²) < 4.78 is 10.6. The van der Waals surface area contributed by atoms with Crippen LogP contribution in [-0.2, 0) is 22.7 Å². The second kappa shape index (κ2) is 8.38. The van der Waals surface area contributed by atoms with Gasteiger partial charge in [-0.1, -0.05) is 36.4 Å². The van der Waals surface area contributed by atoms with Crippen molar-refractivity contribution in [1.82, 2.24) is 10.2 Å². The van der Waals surface area contributed by atoms with Crippen molar-refractivity contribution in [2.24, 2.45) is 0 Å². The maximum absolute atomic E-state index is 12.1. The summed E-state index contributed by atoms with van der Waals surface area (Å²) in [6.45, 7) is 3.05. The van der Waals surface area contributed by atoms with Gasteiger partial charge in [0.25, 0.3) is 0 Å². The van der Waals surface area contributed by atoms with Crippen LogP contribution in [-0.4, -0.2) is 30.1 Å². The lowest BCUT2D eigenvalue weighted by atomic mass is 10.2. The van der Waals surface area contributed by atoms with Crippen molar-refractivity contribution in [1.29, 1.82) is 0 Å². The van der Waals surface area contributed by atoms with E-state index in [1.807, 2.05) is 48.5 Å². The van der Waals surface area contributed by atoms with E-state index in [9.17, 15) is 9.59 Å². The molecule has 0 aliphatic carbocycles. The zero-order valence-corrected chi connectivity index (χ0v) is 14.7. The Labute approximate surface area is 152 Å². The number of hydrogen-bond donors (Lipinski definition) is 1. The number of fused-ring (bicyclic) bond motifs is 1. The minimum atomic E-state index is -0.0954. The molecule has 1 N–H and O–H groups in total. The van der Waals surface area contributed by atoms with E-state index in [0.29, 0.717) is 25.4 Å². The van der Waals surface area contributed by atoms with E-state index in [1.165, 1.54) is 6.92 Å². The minimum Gasteiger partial charge on any atom is -0.454 e. The summed E-state index contributed by atoms with van der Waals surface area (Å²) in [5.74, 6) is 1.28. The summed E-state index contributed by atoms with van der Waals surface area (Å²) >= 11 is 0. The number of nitrogens with one attached hydrogen (secondary N) is 1.